The SMILES string of the molecule is CC[C@H](Sc1ccc(Cl)cc1)C(=O)Nc1nnc(SCC(C)C)s1. The average Bonchev–Trinajstić information content (AvgIpc) is 2.99. The first-order valence-corrected chi connectivity index (χ1v) is 10.7. The van der Waals surface area contributed by atoms with Gasteiger partial charge in [0.15, 0.2) is 4.34 Å². The van der Waals surface area contributed by atoms with Crippen LogP contribution in [0.25, 0.3) is 0 Å². The molecule has 1 aromatic heterocycles. The van der Waals surface area contributed by atoms with Crippen LogP contribution in [0.5, 0.6) is 0 Å². The van der Waals surface area contributed by atoms with E-state index in [9.17, 15) is 4.79 Å². The second kappa shape index (κ2) is 9.65. The zero-order valence-electron chi connectivity index (χ0n) is 13.8. The molecule has 0 aliphatic carbocycles. The summed E-state index contributed by atoms with van der Waals surface area (Å²) < 4.78 is 0.886. The summed E-state index contributed by atoms with van der Waals surface area (Å²) in [6.07, 6.45) is 0.729. The van der Waals surface area contributed by atoms with Gasteiger partial charge in [0.1, 0.15) is 0 Å². The van der Waals surface area contributed by atoms with Crippen LogP contribution in [0.4, 0.5) is 5.13 Å². The van der Waals surface area contributed by atoms with Crippen molar-refractivity contribution in [3.05, 3.63) is 29.3 Å². The molecular weight excluding hydrogens is 382 g/mol. The Balaban J connectivity index is 1.92. The van der Waals surface area contributed by atoms with Crippen molar-refractivity contribution in [3.63, 3.8) is 0 Å². The second-order valence-corrected chi connectivity index (χ2v) is 9.49. The number of benzene rings is 1. The highest BCUT2D eigenvalue weighted by atomic mass is 35.5. The molecule has 8 heteroatoms. The molecule has 2 rings (SSSR count). The highest BCUT2D eigenvalue weighted by molar-refractivity contribution is 8.01. The van der Waals surface area contributed by atoms with Gasteiger partial charge in [0.2, 0.25) is 11.0 Å². The molecule has 130 valence electrons. The number of carbonyl (C=O) groups excluding carboxylic acids is 1. The Morgan fingerprint density at radius 3 is 2.62 bits per heavy atom. The summed E-state index contributed by atoms with van der Waals surface area (Å²) in [6.45, 7) is 6.32. The van der Waals surface area contributed by atoms with E-state index in [4.69, 9.17) is 11.6 Å². The summed E-state index contributed by atoms with van der Waals surface area (Å²) in [4.78, 5) is 13.5. The minimum atomic E-state index is -0.179. The van der Waals surface area contributed by atoms with E-state index in [1.54, 1.807) is 11.8 Å². The summed E-state index contributed by atoms with van der Waals surface area (Å²) in [5.74, 6) is 1.54. The average molecular weight is 402 g/mol. The standard InChI is InChI=1S/C16H20ClN3OS3/c1-4-13(23-12-7-5-11(17)6-8-12)14(21)18-15-19-20-16(24-15)22-9-10(2)3/h5-8,10,13H,4,9H2,1-3H3,(H,18,19,21)/t13-/m0/s1. The van der Waals surface area contributed by atoms with Crippen molar-refractivity contribution in [1.82, 2.24) is 10.2 Å². The first-order chi connectivity index (χ1) is 11.5. The minimum absolute atomic E-state index is 0.0472. The maximum atomic E-state index is 12.5. The Kier molecular flexibility index (Phi) is 7.87. The molecule has 0 radical (unpaired) electrons. The van der Waals surface area contributed by atoms with Crippen LogP contribution in [0.2, 0.25) is 5.02 Å². The fourth-order valence-corrected chi connectivity index (χ4v) is 4.55. The van der Waals surface area contributed by atoms with E-state index in [-0.39, 0.29) is 11.2 Å². The van der Waals surface area contributed by atoms with Crippen molar-refractivity contribution in [1.29, 1.82) is 0 Å². The second-order valence-electron chi connectivity index (χ2n) is 5.54. The van der Waals surface area contributed by atoms with Crippen LogP contribution >= 0.6 is 46.5 Å². The third kappa shape index (κ3) is 6.27. The number of rotatable bonds is 8. The van der Waals surface area contributed by atoms with Crippen LogP contribution in [0.3, 0.4) is 0 Å². The van der Waals surface area contributed by atoms with Crippen molar-refractivity contribution >= 4 is 57.5 Å². The number of aromatic nitrogens is 2. The summed E-state index contributed by atoms with van der Waals surface area (Å²) >= 11 is 10.5. The lowest BCUT2D eigenvalue weighted by Crippen LogP contribution is -2.24. The zero-order chi connectivity index (χ0) is 17.5. The molecule has 0 fully saturated rings. The van der Waals surface area contributed by atoms with Gasteiger partial charge in [-0.25, -0.2) is 0 Å². The maximum absolute atomic E-state index is 12.5. The quantitative estimate of drug-likeness (QED) is 0.470. The van der Waals surface area contributed by atoms with E-state index in [0.717, 1.165) is 21.4 Å². The summed E-state index contributed by atoms with van der Waals surface area (Å²) in [7, 11) is 0. The van der Waals surface area contributed by atoms with Crippen LogP contribution in [0.1, 0.15) is 27.2 Å². The minimum Gasteiger partial charge on any atom is -0.300 e. The molecule has 0 aliphatic rings. The number of nitrogens with one attached hydrogen (secondary N) is 1. The predicted molar refractivity (Wildman–Crippen MR) is 105 cm³/mol. The highest BCUT2D eigenvalue weighted by Crippen LogP contribution is 2.30. The van der Waals surface area contributed by atoms with Crippen LogP contribution < -0.4 is 5.32 Å². The lowest BCUT2D eigenvalue weighted by atomic mass is 10.3. The molecule has 0 saturated carbocycles. The molecule has 4 nitrogen and oxygen atoms in total. The third-order valence-electron chi connectivity index (χ3n) is 2.93. The van der Waals surface area contributed by atoms with E-state index in [0.29, 0.717) is 16.1 Å². The molecule has 0 bridgehead atoms. The van der Waals surface area contributed by atoms with Crippen LogP contribution in [-0.4, -0.2) is 27.1 Å². The number of anilines is 1. The monoisotopic (exact) mass is 401 g/mol. The zero-order valence-corrected chi connectivity index (χ0v) is 17.0. The fraction of sp³-hybridized carbons (Fsp3) is 0.438. The van der Waals surface area contributed by atoms with Gasteiger partial charge in [0.05, 0.1) is 5.25 Å². The van der Waals surface area contributed by atoms with Gasteiger partial charge in [-0.3, -0.25) is 10.1 Å². The molecule has 0 unspecified atom stereocenters. The molecule has 1 atom stereocenters. The largest absolute Gasteiger partial charge is 0.300 e. The van der Waals surface area contributed by atoms with Crippen molar-refractivity contribution in [2.24, 2.45) is 5.92 Å². The van der Waals surface area contributed by atoms with E-state index >= 15 is 0 Å². The highest BCUT2D eigenvalue weighted by Gasteiger charge is 2.19. The molecule has 0 saturated heterocycles. The molecule has 0 spiro atoms. The normalized spacial score (nSPS) is 12.4. The van der Waals surface area contributed by atoms with Gasteiger partial charge in [0.25, 0.3) is 0 Å². The summed E-state index contributed by atoms with van der Waals surface area (Å²) in [5, 5.41) is 12.1. The van der Waals surface area contributed by atoms with E-state index in [1.807, 2.05) is 31.2 Å². The Labute approximate surface area is 160 Å². The van der Waals surface area contributed by atoms with Crippen molar-refractivity contribution in [2.75, 3.05) is 11.1 Å². The number of thioether (sulfide) groups is 2. The number of hydrogen-bond acceptors (Lipinski definition) is 6. The molecule has 0 aliphatic heterocycles. The van der Waals surface area contributed by atoms with Crippen LogP contribution in [0.15, 0.2) is 33.5 Å². The van der Waals surface area contributed by atoms with Gasteiger partial charge in [0, 0.05) is 15.7 Å². The Bertz CT molecular complexity index is 661. The van der Waals surface area contributed by atoms with Crippen molar-refractivity contribution in [3.8, 4) is 0 Å². The number of carbonyl (C=O) groups is 1. The number of halogens is 1. The molecule has 1 amide bonds. The molecule has 1 heterocycles. The van der Waals surface area contributed by atoms with Gasteiger partial charge < -0.3 is 0 Å². The van der Waals surface area contributed by atoms with Gasteiger partial charge in [-0.2, -0.15) is 0 Å². The van der Waals surface area contributed by atoms with Gasteiger partial charge in [-0.05, 0) is 36.6 Å². The van der Waals surface area contributed by atoms with Gasteiger partial charge >= 0.3 is 0 Å². The summed E-state index contributed by atoms with van der Waals surface area (Å²) in [6, 6.07) is 7.51. The van der Waals surface area contributed by atoms with Crippen LogP contribution in [-0.2, 0) is 4.79 Å². The Morgan fingerprint density at radius 1 is 1.29 bits per heavy atom. The van der Waals surface area contributed by atoms with Crippen LogP contribution in [0, 0.1) is 5.92 Å². The van der Waals surface area contributed by atoms with Crippen molar-refractivity contribution < 1.29 is 4.79 Å². The summed E-state index contributed by atoms with van der Waals surface area (Å²) in [5.41, 5.74) is 0. The van der Waals surface area contributed by atoms with E-state index in [2.05, 4.69) is 29.4 Å². The lowest BCUT2D eigenvalue weighted by molar-refractivity contribution is -0.115. The Hall–Kier alpha value is -0.760. The fourth-order valence-electron chi connectivity index (χ4n) is 1.74. The van der Waals surface area contributed by atoms with E-state index < -0.39 is 0 Å². The molecule has 1 aromatic carbocycles. The Morgan fingerprint density at radius 2 is 2.00 bits per heavy atom. The predicted octanol–water partition coefficient (Wildman–Crippen LogP) is 5.45. The topological polar surface area (TPSA) is 54.9 Å². The molecule has 2 aromatic rings. The third-order valence-corrected chi connectivity index (χ3v) is 6.96. The van der Waals surface area contributed by atoms with E-state index in [1.165, 1.54) is 23.1 Å². The smallest absolute Gasteiger partial charge is 0.239 e. The first kappa shape index (κ1) is 19.6. The number of hydrogen-bond donors (Lipinski definition) is 1. The molecular formula is C16H20ClN3OS3. The first-order valence-electron chi connectivity index (χ1n) is 7.67. The number of amides is 1. The maximum Gasteiger partial charge on any atom is 0.239 e. The lowest BCUT2D eigenvalue weighted by Gasteiger charge is -2.13. The van der Waals surface area contributed by atoms with Gasteiger partial charge in [-0.15, -0.1) is 22.0 Å². The molecule has 24 heavy (non-hydrogen) atoms. The number of nitrogens with zero attached hydrogens (tertiary/aromatic N) is 2. The van der Waals surface area contributed by atoms with Crippen molar-refractivity contribution in [2.45, 2.75) is 41.7 Å². The molecule has 1 N–H and O–H groups in total. The van der Waals surface area contributed by atoms with Gasteiger partial charge in [-0.1, -0.05) is 55.5 Å².